The highest BCUT2D eigenvalue weighted by Crippen LogP contribution is 2.39. The maximum absolute atomic E-state index is 13.3. The number of aliphatic hydroxyl groups is 1. The van der Waals surface area contributed by atoms with Crippen molar-refractivity contribution in [3.63, 3.8) is 0 Å². The van der Waals surface area contributed by atoms with Gasteiger partial charge in [0.25, 0.3) is 0 Å². The quantitative estimate of drug-likeness (QED) is 0.758. The van der Waals surface area contributed by atoms with Crippen LogP contribution in [0.15, 0.2) is 60.7 Å². The first-order valence-electron chi connectivity index (χ1n) is 9.01. The van der Waals surface area contributed by atoms with Crippen molar-refractivity contribution in [2.45, 2.75) is 38.1 Å². The van der Waals surface area contributed by atoms with Gasteiger partial charge in [-0.2, -0.15) is 0 Å². The zero-order chi connectivity index (χ0) is 18.3. The summed E-state index contributed by atoms with van der Waals surface area (Å²) < 4.78 is 0. The van der Waals surface area contributed by atoms with E-state index in [1.54, 1.807) is 0 Å². The molecule has 0 spiro atoms. The van der Waals surface area contributed by atoms with E-state index in [0.29, 0.717) is 19.4 Å². The van der Waals surface area contributed by atoms with Gasteiger partial charge in [-0.25, -0.2) is 0 Å². The van der Waals surface area contributed by atoms with Crippen LogP contribution in [-0.4, -0.2) is 42.0 Å². The van der Waals surface area contributed by atoms with Crippen LogP contribution in [0, 0.1) is 0 Å². The molecule has 25 heavy (non-hydrogen) atoms. The Bertz CT molecular complexity index is 615. The maximum atomic E-state index is 13.3. The smallest absolute Gasteiger partial charge is 0.147 e. The predicted molar refractivity (Wildman–Crippen MR) is 103 cm³/mol. The third kappa shape index (κ3) is 4.17. The first-order valence-corrected chi connectivity index (χ1v) is 9.01. The number of Topliss-reactive ketones (excluding diaryl/α,β-unsaturated/α-hetero) is 1. The Morgan fingerprint density at radius 2 is 1.52 bits per heavy atom. The number of nitrogens with zero attached hydrogens (tertiary/aromatic N) is 1. The van der Waals surface area contributed by atoms with Crippen LogP contribution < -0.4 is 0 Å². The summed E-state index contributed by atoms with van der Waals surface area (Å²) in [7, 11) is 2.00. The predicted octanol–water partition coefficient (Wildman–Crippen LogP) is 3.65. The van der Waals surface area contributed by atoms with Crippen molar-refractivity contribution in [3.8, 4) is 0 Å². The fraction of sp³-hybridized carbons (Fsp3) is 0.409. The summed E-state index contributed by atoms with van der Waals surface area (Å²) in [6.45, 7) is 4.78. The molecule has 0 bridgehead atoms. The molecule has 0 radical (unpaired) electrons. The molecular formula is C22H29NO2. The van der Waals surface area contributed by atoms with Gasteiger partial charge in [-0.15, -0.1) is 0 Å². The van der Waals surface area contributed by atoms with Gasteiger partial charge in [0.2, 0.25) is 0 Å². The van der Waals surface area contributed by atoms with E-state index in [9.17, 15) is 9.90 Å². The molecule has 0 aromatic heterocycles. The van der Waals surface area contributed by atoms with Crippen molar-refractivity contribution < 1.29 is 9.90 Å². The zero-order valence-electron chi connectivity index (χ0n) is 15.5. The van der Waals surface area contributed by atoms with Gasteiger partial charge < -0.3 is 10.0 Å². The number of hydrogen-bond acceptors (Lipinski definition) is 3. The van der Waals surface area contributed by atoms with E-state index in [4.69, 9.17) is 0 Å². The van der Waals surface area contributed by atoms with Gasteiger partial charge in [-0.1, -0.05) is 67.6 Å². The van der Waals surface area contributed by atoms with Crippen LogP contribution in [0.5, 0.6) is 0 Å². The van der Waals surface area contributed by atoms with Gasteiger partial charge in [0.05, 0.1) is 12.0 Å². The zero-order valence-corrected chi connectivity index (χ0v) is 15.5. The minimum atomic E-state index is -0.666. The molecule has 0 saturated heterocycles. The molecule has 1 N–H and O–H groups in total. The lowest BCUT2D eigenvalue weighted by molar-refractivity contribution is -0.123. The third-order valence-electron chi connectivity index (χ3n) is 5.14. The molecule has 0 fully saturated rings. The van der Waals surface area contributed by atoms with E-state index in [-0.39, 0.29) is 18.4 Å². The summed E-state index contributed by atoms with van der Waals surface area (Å²) in [5.41, 5.74) is 1.41. The van der Waals surface area contributed by atoms with Crippen molar-refractivity contribution in [3.05, 3.63) is 71.8 Å². The standard InChI is InChI=1S/C22H29NO2/c1-4-21(25)22(19-11-7-5-8-12-19,20-13-9-6-10-14-20)17-18(2)23(3)15-16-24/h5-14,18,24H,4,15-17H2,1-3H3. The highest BCUT2D eigenvalue weighted by atomic mass is 16.3. The number of benzene rings is 2. The molecule has 0 aliphatic rings. The number of hydrogen-bond donors (Lipinski definition) is 1. The van der Waals surface area contributed by atoms with Crippen molar-refractivity contribution in [1.29, 1.82) is 0 Å². The minimum Gasteiger partial charge on any atom is -0.395 e. The Hall–Kier alpha value is -1.97. The number of ketones is 1. The summed E-state index contributed by atoms with van der Waals surface area (Å²) in [4.78, 5) is 15.4. The van der Waals surface area contributed by atoms with E-state index in [0.717, 1.165) is 11.1 Å². The SMILES string of the molecule is CCC(=O)C(CC(C)N(C)CCO)(c1ccccc1)c1ccccc1. The largest absolute Gasteiger partial charge is 0.395 e. The Kier molecular flexibility index (Phi) is 6.91. The van der Waals surface area contributed by atoms with Gasteiger partial charge in [0.15, 0.2) is 0 Å². The van der Waals surface area contributed by atoms with Crippen molar-refractivity contribution in [2.75, 3.05) is 20.2 Å². The first kappa shape index (κ1) is 19.4. The molecule has 3 nitrogen and oxygen atoms in total. The van der Waals surface area contributed by atoms with Gasteiger partial charge >= 0.3 is 0 Å². The molecule has 3 heteroatoms. The van der Waals surface area contributed by atoms with Crippen LogP contribution in [0.4, 0.5) is 0 Å². The lowest BCUT2D eigenvalue weighted by Crippen LogP contribution is -2.44. The molecule has 2 aromatic rings. The van der Waals surface area contributed by atoms with Crippen LogP contribution in [0.3, 0.4) is 0 Å². The summed E-state index contributed by atoms with van der Waals surface area (Å²) in [6, 6.07) is 20.3. The van der Waals surface area contributed by atoms with E-state index in [2.05, 4.69) is 36.1 Å². The summed E-state index contributed by atoms with van der Waals surface area (Å²) in [5.74, 6) is 0.231. The molecule has 2 rings (SSSR count). The minimum absolute atomic E-state index is 0.117. The molecule has 0 aliphatic carbocycles. The van der Waals surface area contributed by atoms with Crippen LogP contribution in [0.1, 0.15) is 37.8 Å². The van der Waals surface area contributed by atoms with Crippen molar-refractivity contribution >= 4 is 5.78 Å². The number of carbonyl (C=O) groups excluding carboxylic acids is 1. The van der Waals surface area contributed by atoms with Crippen LogP contribution in [-0.2, 0) is 10.2 Å². The normalized spacial score (nSPS) is 13.0. The van der Waals surface area contributed by atoms with Gasteiger partial charge in [0.1, 0.15) is 5.78 Å². The molecule has 1 unspecified atom stereocenters. The third-order valence-corrected chi connectivity index (χ3v) is 5.14. The van der Waals surface area contributed by atoms with Crippen LogP contribution in [0.25, 0.3) is 0 Å². The molecule has 0 amide bonds. The van der Waals surface area contributed by atoms with Gasteiger partial charge in [0, 0.05) is 19.0 Å². The van der Waals surface area contributed by atoms with Crippen molar-refractivity contribution in [1.82, 2.24) is 4.90 Å². The van der Waals surface area contributed by atoms with Gasteiger partial charge in [-0.05, 0) is 31.5 Å². The highest BCUT2D eigenvalue weighted by molar-refractivity contribution is 5.93. The number of aliphatic hydroxyl groups excluding tert-OH is 1. The summed E-state index contributed by atoms with van der Waals surface area (Å²) in [6.07, 6.45) is 1.17. The maximum Gasteiger partial charge on any atom is 0.147 e. The Morgan fingerprint density at radius 1 is 1.04 bits per heavy atom. The molecule has 0 saturated carbocycles. The number of likely N-dealkylation sites (N-methyl/N-ethyl adjacent to an activating group) is 1. The second-order valence-corrected chi connectivity index (χ2v) is 6.67. The Morgan fingerprint density at radius 3 is 1.92 bits per heavy atom. The molecular weight excluding hydrogens is 310 g/mol. The first-order chi connectivity index (χ1) is 12.1. The number of rotatable bonds is 9. The monoisotopic (exact) mass is 339 g/mol. The van der Waals surface area contributed by atoms with E-state index in [1.807, 2.05) is 50.4 Å². The Labute approximate surface area is 151 Å². The average molecular weight is 339 g/mol. The topological polar surface area (TPSA) is 40.5 Å². The van der Waals surface area contributed by atoms with Crippen LogP contribution >= 0.6 is 0 Å². The lowest BCUT2D eigenvalue weighted by atomic mass is 9.67. The fourth-order valence-electron chi connectivity index (χ4n) is 3.56. The summed E-state index contributed by atoms with van der Waals surface area (Å²) >= 11 is 0. The average Bonchev–Trinajstić information content (AvgIpc) is 2.67. The highest BCUT2D eigenvalue weighted by Gasteiger charge is 2.42. The van der Waals surface area contributed by atoms with Crippen molar-refractivity contribution in [2.24, 2.45) is 0 Å². The van der Waals surface area contributed by atoms with E-state index in [1.165, 1.54) is 0 Å². The fourth-order valence-corrected chi connectivity index (χ4v) is 3.56. The second-order valence-electron chi connectivity index (χ2n) is 6.67. The van der Waals surface area contributed by atoms with E-state index < -0.39 is 5.41 Å². The van der Waals surface area contributed by atoms with Gasteiger partial charge in [-0.3, -0.25) is 4.79 Å². The molecule has 134 valence electrons. The van der Waals surface area contributed by atoms with Crippen LogP contribution in [0.2, 0.25) is 0 Å². The summed E-state index contributed by atoms with van der Waals surface area (Å²) in [5, 5.41) is 9.26. The number of carbonyl (C=O) groups is 1. The Balaban J connectivity index is 2.58. The lowest BCUT2D eigenvalue weighted by Gasteiger charge is -2.38. The molecule has 0 heterocycles. The molecule has 0 aliphatic heterocycles. The molecule has 2 aromatic carbocycles. The molecule has 1 atom stereocenters. The second kappa shape index (κ2) is 8.93. The van der Waals surface area contributed by atoms with E-state index >= 15 is 0 Å².